The second kappa shape index (κ2) is 4.35. The standard InChI is InChI=1S/C13H20O4/c14-8-9-6-10(15)12-11(7-9)16-13(17-12)4-2-1-3-5-13/h7,10-12,14-15H,1-6,8H2/t10-,11-,12+/m1/s1. The van der Waals surface area contributed by atoms with Crippen LogP contribution in [0.15, 0.2) is 11.6 Å². The number of ether oxygens (including phenoxy) is 2. The van der Waals surface area contributed by atoms with E-state index in [9.17, 15) is 5.11 Å². The molecule has 4 nitrogen and oxygen atoms in total. The minimum atomic E-state index is -0.548. The molecule has 1 saturated carbocycles. The van der Waals surface area contributed by atoms with Crippen molar-refractivity contribution in [2.24, 2.45) is 0 Å². The number of aliphatic hydroxyl groups is 2. The monoisotopic (exact) mass is 240 g/mol. The van der Waals surface area contributed by atoms with Crippen molar-refractivity contribution in [1.29, 1.82) is 0 Å². The van der Waals surface area contributed by atoms with Gasteiger partial charge >= 0.3 is 0 Å². The third-order valence-corrected chi connectivity index (χ3v) is 4.09. The van der Waals surface area contributed by atoms with Gasteiger partial charge in [0.05, 0.1) is 12.7 Å². The van der Waals surface area contributed by atoms with E-state index in [1.807, 2.05) is 6.08 Å². The van der Waals surface area contributed by atoms with Gasteiger partial charge in [-0.05, 0) is 24.8 Å². The van der Waals surface area contributed by atoms with Gasteiger partial charge in [0.25, 0.3) is 0 Å². The van der Waals surface area contributed by atoms with E-state index in [2.05, 4.69) is 0 Å². The Labute approximate surface area is 101 Å². The molecule has 2 fully saturated rings. The first kappa shape index (κ1) is 11.7. The first-order valence-corrected chi connectivity index (χ1v) is 6.57. The third kappa shape index (κ3) is 2.03. The van der Waals surface area contributed by atoms with Crippen LogP contribution in [-0.2, 0) is 9.47 Å². The van der Waals surface area contributed by atoms with Crippen molar-refractivity contribution >= 4 is 0 Å². The smallest absolute Gasteiger partial charge is 0.169 e. The van der Waals surface area contributed by atoms with Gasteiger partial charge in [0.2, 0.25) is 0 Å². The molecule has 1 saturated heterocycles. The molecule has 3 rings (SSSR count). The van der Waals surface area contributed by atoms with Crippen molar-refractivity contribution in [2.45, 2.75) is 62.6 Å². The second-order valence-corrected chi connectivity index (χ2v) is 5.39. The minimum absolute atomic E-state index is 0.00333. The molecule has 2 N–H and O–H groups in total. The zero-order valence-corrected chi connectivity index (χ0v) is 9.97. The molecule has 0 unspecified atom stereocenters. The molecule has 4 heteroatoms. The van der Waals surface area contributed by atoms with Crippen LogP contribution in [0.2, 0.25) is 0 Å². The number of fused-ring (bicyclic) bond motifs is 1. The lowest BCUT2D eigenvalue weighted by Gasteiger charge is -2.32. The number of aliphatic hydroxyl groups excluding tert-OH is 2. The van der Waals surface area contributed by atoms with Gasteiger partial charge in [-0.1, -0.05) is 12.5 Å². The van der Waals surface area contributed by atoms with Crippen LogP contribution >= 0.6 is 0 Å². The largest absolute Gasteiger partial charge is 0.392 e. The Morgan fingerprint density at radius 3 is 2.71 bits per heavy atom. The molecule has 1 spiro atoms. The van der Waals surface area contributed by atoms with E-state index in [-0.39, 0.29) is 18.8 Å². The average Bonchev–Trinajstić information content (AvgIpc) is 2.68. The molecule has 0 amide bonds. The van der Waals surface area contributed by atoms with Crippen LogP contribution in [-0.4, -0.2) is 40.9 Å². The predicted molar refractivity (Wildman–Crippen MR) is 61.4 cm³/mol. The Morgan fingerprint density at radius 2 is 2.00 bits per heavy atom. The molecule has 3 atom stereocenters. The average molecular weight is 240 g/mol. The number of hydrogen-bond donors (Lipinski definition) is 2. The molecule has 0 aromatic carbocycles. The van der Waals surface area contributed by atoms with E-state index in [0.717, 1.165) is 31.3 Å². The SMILES string of the molecule is OCC1=C[C@H]2OC3(CCCCC3)O[C@H]2[C@H](O)C1. The molecule has 17 heavy (non-hydrogen) atoms. The molecule has 0 radical (unpaired) electrons. The fraction of sp³-hybridized carbons (Fsp3) is 0.846. The van der Waals surface area contributed by atoms with Gasteiger partial charge in [-0.2, -0.15) is 0 Å². The summed E-state index contributed by atoms with van der Waals surface area (Å²) in [5.41, 5.74) is 0.857. The van der Waals surface area contributed by atoms with Crippen LogP contribution in [0.25, 0.3) is 0 Å². The fourth-order valence-corrected chi connectivity index (χ4v) is 3.21. The van der Waals surface area contributed by atoms with Crippen LogP contribution < -0.4 is 0 Å². The molecule has 3 aliphatic rings. The Balaban J connectivity index is 1.79. The summed E-state index contributed by atoms with van der Waals surface area (Å²) in [5.74, 6) is -0.462. The van der Waals surface area contributed by atoms with E-state index in [1.165, 1.54) is 6.42 Å². The summed E-state index contributed by atoms with van der Waals surface area (Å²) in [6.45, 7) is -0.00333. The first-order chi connectivity index (χ1) is 8.22. The normalized spacial score (nSPS) is 40.1. The van der Waals surface area contributed by atoms with E-state index in [0.29, 0.717) is 6.42 Å². The Bertz CT molecular complexity index is 319. The number of hydrogen-bond acceptors (Lipinski definition) is 4. The van der Waals surface area contributed by atoms with Gasteiger partial charge in [-0.15, -0.1) is 0 Å². The van der Waals surface area contributed by atoms with Crippen LogP contribution in [0.1, 0.15) is 38.5 Å². The Morgan fingerprint density at radius 1 is 1.24 bits per heavy atom. The lowest BCUT2D eigenvalue weighted by molar-refractivity contribution is -0.197. The highest BCUT2D eigenvalue weighted by molar-refractivity contribution is 5.17. The summed E-state index contributed by atoms with van der Waals surface area (Å²) in [5, 5.41) is 19.2. The van der Waals surface area contributed by atoms with Crippen LogP contribution in [0, 0.1) is 0 Å². The first-order valence-electron chi connectivity index (χ1n) is 6.57. The topological polar surface area (TPSA) is 58.9 Å². The molecular weight excluding hydrogens is 220 g/mol. The van der Waals surface area contributed by atoms with Gasteiger partial charge in [0.15, 0.2) is 5.79 Å². The van der Waals surface area contributed by atoms with Gasteiger partial charge in [0, 0.05) is 12.8 Å². The van der Waals surface area contributed by atoms with Crippen molar-refractivity contribution < 1.29 is 19.7 Å². The minimum Gasteiger partial charge on any atom is -0.392 e. The predicted octanol–water partition coefficient (Wildman–Crippen LogP) is 1.11. The molecule has 96 valence electrons. The fourth-order valence-electron chi connectivity index (χ4n) is 3.21. The van der Waals surface area contributed by atoms with Crippen molar-refractivity contribution in [3.8, 4) is 0 Å². The highest BCUT2D eigenvalue weighted by Gasteiger charge is 2.50. The van der Waals surface area contributed by atoms with E-state index in [4.69, 9.17) is 14.6 Å². The Hall–Kier alpha value is -0.420. The lowest BCUT2D eigenvalue weighted by atomic mass is 9.93. The Kier molecular flexibility index (Phi) is 2.99. The summed E-state index contributed by atoms with van der Waals surface area (Å²) >= 11 is 0. The molecule has 0 aromatic rings. The zero-order valence-electron chi connectivity index (χ0n) is 9.97. The van der Waals surface area contributed by atoms with Crippen molar-refractivity contribution in [2.75, 3.05) is 6.61 Å². The van der Waals surface area contributed by atoms with Crippen LogP contribution in [0.4, 0.5) is 0 Å². The zero-order chi connectivity index (χ0) is 11.9. The third-order valence-electron chi connectivity index (χ3n) is 4.09. The summed E-state index contributed by atoms with van der Waals surface area (Å²) < 4.78 is 12.0. The molecule has 1 aliphatic heterocycles. The van der Waals surface area contributed by atoms with Gasteiger partial charge in [0.1, 0.15) is 12.2 Å². The molecular formula is C13H20O4. The summed E-state index contributed by atoms with van der Waals surface area (Å²) in [4.78, 5) is 0. The maximum absolute atomic E-state index is 10.0. The van der Waals surface area contributed by atoms with E-state index < -0.39 is 11.9 Å². The molecule has 1 heterocycles. The molecule has 2 aliphatic carbocycles. The second-order valence-electron chi connectivity index (χ2n) is 5.39. The van der Waals surface area contributed by atoms with Gasteiger partial charge in [-0.25, -0.2) is 0 Å². The maximum atomic E-state index is 10.0. The lowest BCUT2D eigenvalue weighted by Crippen LogP contribution is -2.39. The summed E-state index contributed by atoms with van der Waals surface area (Å²) in [6, 6.07) is 0. The van der Waals surface area contributed by atoms with Crippen molar-refractivity contribution in [3.63, 3.8) is 0 Å². The van der Waals surface area contributed by atoms with Crippen LogP contribution in [0.5, 0.6) is 0 Å². The highest BCUT2D eigenvalue weighted by Crippen LogP contribution is 2.43. The molecule has 0 bridgehead atoms. The molecule has 0 aromatic heterocycles. The van der Waals surface area contributed by atoms with Gasteiger partial charge < -0.3 is 19.7 Å². The maximum Gasteiger partial charge on any atom is 0.169 e. The highest BCUT2D eigenvalue weighted by atomic mass is 16.8. The van der Waals surface area contributed by atoms with E-state index in [1.54, 1.807) is 0 Å². The summed E-state index contributed by atoms with van der Waals surface area (Å²) in [7, 11) is 0. The summed E-state index contributed by atoms with van der Waals surface area (Å²) in [6.07, 6.45) is 6.81. The van der Waals surface area contributed by atoms with Crippen molar-refractivity contribution in [3.05, 3.63) is 11.6 Å². The van der Waals surface area contributed by atoms with Gasteiger partial charge in [-0.3, -0.25) is 0 Å². The van der Waals surface area contributed by atoms with Crippen molar-refractivity contribution in [1.82, 2.24) is 0 Å². The van der Waals surface area contributed by atoms with E-state index >= 15 is 0 Å². The van der Waals surface area contributed by atoms with Crippen LogP contribution in [0.3, 0.4) is 0 Å². The number of rotatable bonds is 1. The quantitative estimate of drug-likeness (QED) is 0.674.